The van der Waals surface area contributed by atoms with Crippen LogP contribution in [0.5, 0.6) is 11.5 Å². The third-order valence-corrected chi connectivity index (χ3v) is 4.71. The number of carbonyl (C=O) groups excluding carboxylic acids is 1. The molecule has 2 aromatic carbocycles. The highest BCUT2D eigenvalue weighted by Crippen LogP contribution is 2.31. The van der Waals surface area contributed by atoms with Crippen LogP contribution in [-0.2, 0) is 13.0 Å². The number of phenols is 1. The van der Waals surface area contributed by atoms with E-state index in [0.29, 0.717) is 11.4 Å². The van der Waals surface area contributed by atoms with Crippen molar-refractivity contribution < 1.29 is 14.6 Å². The molecule has 7 nitrogen and oxygen atoms in total. The van der Waals surface area contributed by atoms with E-state index >= 15 is 0 Å². The molecule has 2 amide bonds. The van der Waals surface area contributed by atoms with E-state index in [9.17, 15) is 9.90 Å². The average molecular weight is 376 g/mol. The fourth-order valence-electron chi connectivity index (χ4n) is 2.52. The highest BCUT2D eigenvalue weighted by molar-refractivity contribution is 7.98. The van der Waals surface area contributed by atoms with Gasteiger partial charge in [-0.15, -0.1) is 11.8 Å². The summed E-state index contributed by atoms with van der Waals surface area (Å²) in [6, 6.07) is 9.97. The molecule has 140 valence electrons. The molecule has 5 N–H and O–H groups in total. The van der Waals surface area contributed by atoms with Gasteiger partial charge in [0.1, 0.15) is 18.1 Å². The first-order valence-electron chi connectivity index (χ1n) is 8.06. The zero-order valence-corrected chi connectivity index (χ0v) is 15.9. The van der Waals surface area contributed by atoms with Gasteiger partial charge in [-0.25, -0.2) is 21.5 Å². The van der Waals surface area contributed by atoms with E-state index in [1.807, 2.05) is 25.3 Å². The van der Waals surface area contributed by atoms with Gasteiger partial charge in [0, 0.05) is 17.5 Å². The summed E-state index contributed by atoms with van der Waals surface area (Å²) >= 11 is 1.54. The summed E-state index contributed by atoms with van der Waals surface area (Å²) in [6.07, 6.45) is 2.67. The highest BCUT2D eigenvalue weighted by atomic mass is 32.2. The molecule has 0 atom stereocenters. The molecule has 0 bridgehead atoms. The lowest BCUT2D eigenvalue weighted by atomic mass is 10.1. The minimum Gasteiger partial charge on any atom is -0.508 e. The second-order valence-electron chi connectivity index (χ2n) is 5.66. The van der Waals surface area contributed by atoms with Crippen LogP contribution in [0, 0.1) is 0 Å². The Bertz CT molecular complexity index is 783. The third-order valence-electron chi connectivity index (χ3n) is 3.89. The zero-order valence-electron chi connectivity index (χ0n) is 15.1. The third kappa shape index (κ3) is 4.40. The molecule has 0 aliphatic heterocycles. The summed E-state index contributed by atoms with van der Waals surface area (Å²) in [7, 11) is 1.43. The monoisotopic (exact) mass is 376 g/mol. The second-order valence-corrected chi connectivity index (χ2v) is 6.50. The van der Waals surface area contributed by atoms with Gasteiger partial charge >= 0.3 is 6.03 Å². The number of ether oxygens (including phenoxy) is 1. The van der Waals surface area contributed by atoms with Gasteiger partial charge in [0.15, 0.2) is 0 Å². The van der Waals surface area contributed by atoms with Crippen molar-refractivity contribution in [3.8, 4) is 11.5 Å². The maximum atomic E-state index is 12.1. The lowest BCUT2D eigenvalue weighted by Gasteiger charge is -2.24. The number of hydrogen-bond donors (Lipinski definition) is 3. The fraction of sp³-hybridized carbons (Fsp3) is 0.278. The number of anilines is 1. The summed E-state index contributed by atoms with van der Waals surface area (Å²) in [4.78, 5) is 13.1. The molecule has 26 heavy (non-hydrogen) atoms. The molecule has 0 aliphatic rings. The Hall–Kier alpha value is -2.42. The zero-order chi connectivity index (χ0) is 19.3. The predicted molar refractivity (Wildman–Crippen MR) is 104 cm³/mol. The number of urea groups is 1. The quantitative estimate of drug-likeness (QED) is 0.310. The van der Waals surface area contributed by atoms with E-state index in [0.717, 1.165) is 32.5 Å². The number of hydrogen-bond acceptors (Lipinski definition) is 6. The molecular formula is C18H24N4O3S. The van der Waals surface area contributed by atoms with Gasteiger partial charge in [-0.05, 0) is 48.6 Å². The molecule has 2 rings (SSSR count). The number of aromatic hydroxyl groups is 1. The van der Waals surface area contributed by atoms with Gasteiger partial charge < -0.3 is 9.84 Å². The van der Waals surface area contributed by atoms with Crippen molar-refractivity contribution in [3.63, 3.8) is 0 Å². The first kappa shape index (κ1) is 19.9. The summed E-state index contributed by atoms with van der Waals surface area (Å²) in [5.74, 6) is 12.4. The lowest BCUT2D eigenvalue weighted by Crippen LogP contribution is -2.49. The highest BCUT2D eigenvalue weighted by Gasteiger charge is 2.20. The first-order chi connectivity index (χ1) is 12.4. The van der Waals surface area contributed by atoms with Crippen LogP contribution in [0.2, 0.25) is 0 Å². The number of nitrogens with two attached hydrogens (primary N) is 2. The molecule has 0 saturated carbocycles. The Morgan fingerprint density at radius 3 is 2.62 bits per heavy atom. The van der Waals surface area contributed by atoms with Gasteiger partial charge in [0.2, 0.25) is 0 Å². The van der Waals surface area contributed by atoms with E-state index in [4.69, 9.17) is 16.4 Å². The number of aryl methyl sites for hydroxylation is 1. The van der Waals surface area contributed by atoms with Crippen LogP contribution in [0.15, 0.2) is 41.3 Å². The minimum atomic E-state index is -0.539. The number of carbonyl (C=O) groups is 1. The smallest absolute Gasteiger partial charge is 0.352 e. The van der Waals surface area contributed by atoms with E-state index in [2.05, 4.69) is 0 Å². The normalized spacial score (nSPS) is 10.5. The van der Waals surface area contributed by atoms with Crippen LogP contribution in [0.4, 0.5) is 10.5 Å². The van der Waals surface area contributed by atoms with Gasteiger partial charge in [-0.3, -0.25) is 5.01 Å². The van der Waals surface area contributed by atoms with Crippen molar-refractivity contribution in [1.82, 2.24) is 5.01 Å². The van der Waals surface area contributed by atoms with E-state index in [1.54, 1.807) is 24.3 Å². The number of nitrogens with zero attached hydrogens (tertiary/aromatic N) is 2. The molecule has 0 saturated heterocycles. The molecule has 8 heteroatoms. The Morgan fingerprint density at radius 1 is 1.27 bits per heavy atom. The molecule has 0 spiro atoms. The van der Waals surface area contributed by atoms with Gasteiger partial charge in [0.05, 0.1) is 5.69 Å². The summed E-state index contributed by atoms with van der Waals surface area (Å²) in [5.41, 5.74) is 2.21. The maximum absolute atomic E-state index is 12.1. The van der Waals surface area contributed by atoms with Crippen molar-refractivity contribution >= 4 is 23.5 Å². The summed E-state index contributed by atoms with van der Waals surface area (Å²) < 4.78 is 5.98. The number of hydrazine groups is 2. The van der Waals surface area contributed by atoms with Gasteiger partial charge in [-0.2, -0.15) is 0 Å². The number of amides is 2. The van der Waals surface area contributed by atoms with Crippen molar-refractivity contribution in [1.29, 1.82) is 0 Å². The van der Waals surface area contributed by atoms with Crippen molar-refractivity contribution in [3.05, 3.63) is 47.5 Å². The van der Waals surface area contributed by atoms with Crippen molar-refractivity contribution in [2.75, 3.05) is 18.3 Å². The Kier molecular flexibility index (Phi) is 6.73. The van der Waals surface area contributed by atoms with Gasteiger partial charge in [-0.1, -0.05) is 13.0 Å². The largest absolute Gasteiger partial charge is 0.508 e. The number of rotatable bonds is 6. The average Bonchev–Trinajstić information content (AvgIpc) is 2.65. The summed E-state index contributed by atoms with van der Waals surface area (Å²) in [5, 5.41) is 11.6. The lowest BCUT2D eigenvalue weighted by molar-refractivity contribution is 0.216. The molecule has 0 fully saturated rings. The number of phenolic OH excluding ortho intramolecular Hbond substituents is 1. The Labute approximate surface area is 157 Å². The van der Waals surface area contributed by atoms with Gasteiger partial charge in [0.25, 0.3) is 0 Å². The van der Waals surface area contributed by atoms with Crippen LogP contribution >= 0.6 is 11.8 Å². The summed E-state index contributed by atoms with van der Waals surface area (Å²) in [6.45, 7) is 2.21. The molecule has 2 aromatic rings. The van der Waals surface area contributed by atoms with Crippen LogP contribution in [-0.4, -0.2) is 29.4 Å². The minimum absolute atomic E-state index is 0.198. The molecular weight excluding hydrogens is 352 g/mol. The number of thioether (sulfide) groups is 1. The second kappa shape index (κ2) is 8.79. The van der Waals surface area contributed by atoms with Crippen LogP contribution in [0.3, 0.4) is 0 Å². The van der Waals surface area contributed by atoms with E-state index < -0.39 is 6.03 Å². The SMILES string of the molecule is CCc1cc(O)ccc1OCc1c(SC)cccc1N(N)C(=O)N(C)N. The Balaban J connectivity index is 2.35. The van der Waals surface area contributed by atoms with E-state index in [1.165, 1.54) is 18.8 Å². The van der Waals surface area contributed by atoms with Crippen LogP contribution in [0.1, 0.15) is 18.1 Å². The van der Waals surface area contributed by atoms with Crippen molar-refractivity contribution in [2.45, 2.75) is 24.8 Å². The van der Waals surface area contributed by atoms with Crippen LogP contribution < -0.4 is 21.4 Å². The fourth-order valence-corrected chi connectivity index (χ4v) is 3.15. The molecule has 0 unspecified atom stereocenters. The molecule has 0 radical (unpaired) electrons. The number of benzene rings is 2. The molecule has 0 heterocycles. The Morgan fingerprint density at radius 2 is 2.00 bits per heavy atom. The van der Waals surface area contributed by atoms with Crippen LogP contribution in [0.25, 0.3) is 0 Å². The molecule has 0 aromatic heterocycles. The predicted octanol–water partition coefficient (Wildman–Crippen LogP) is 2.86. The topological polar surface area (TPSA) is 105 Å². The van der Waals surface area contributed by atoms with Crippen molar-refractivity contribution in [2.24, 2.45) is 11.7 Å². The van der Waals surface area contributed by atoms with E-state index in [-0.39, 0.29) is 12.4 Å². The standard InChI is InChI=1S/C18H24N4O3S/c1-4-12-10-13(23)8-9-16(12)25-11-14-15(6-5-7-17(14)26-3)22(20)18(24)21(2)19/h5-10,23H,4,11,19-20H2,1-3H3. The first-order valence-corrected chi connectivity index (χ1v) is 9.29. The molecule has 0 aliphatic carbocycles. The maximum Gasteiger partial charge on any atom is 0.352 e.